The van der Waals surface area contributed by atoms with E-state index in [9.17, 15) is 5.11 Å². The van der Waals surface area contributed by atoms with Crippen molar-refractivity contribution in [2.45, 2.75) is 19.3 Å². The van der Waals surface area contributed by atoms with Crippen molar-refractivity contribution in [3.63, 3.8) is 0 Å². The lowest BCUT2D eigenvalue weighted by atomic mass is 10.1. The summed E-state index contributed by atoms with van der Waals surface area (Å²) < 4.78 is 5.88. The maximum Gasteiger partial charge on any atom is 0.115 e. The molecule has 0 aliphatic carbocycles. The van der Waals surface area contributed by atoms with Crippen LogP contribution in [0.4, 0.5) is 0 Å². The van der Waals surface area contributed by atoms with E-state index in [1.807, 2.05) is 24.3 Å². The fraction of sp³-hybridized carbons (Fsp3) is 0.158. The van der Waals surface area contributed by atoms with Crippen LogP contribution in [0.15, 0.2) is 71.1 Å². The molecule has 1 heterocycles. The van der Waals surface area contributed by atoms with E-state index in [1.54, 1.807) is 12.1 Å². The van der Waals surface area contributed by atoms with Gasteiger partial charge in [0.2, 0.25) is 0 Å². The maximum absolute atomic E-state index is 9.28. The molecule has 1 aromatic heterocycles. The number of phenols is 1. The molecule has 0 bridgehead atoms. The predicted molar refractivity (Wildman–Crippen MR) is 83.5 cm³/mol. The minimum Gasteiger partial charge on any atom is -0.508 e. The molecule has 106 valence electrons. The molecule has 21 heavy (non-hydrogen) atoms. The lowest BCUT2D eigenvalue weighted by molar-refractivity contribution is 0.469. The van der Waals surface area contributed by atoms with Gasteiger partial charge in [-0.3, -0.25) is 0 Å². The Kier molecular flexibility index (Phi) is 4.06. The summed E-state index contributed by atoms with van der Waals surface area (Å²) in [6.45, 7) is 0. The highest BCUT2D eigenvalue weighted by molar-refractivity contribution is 5.28. The molecule has 2 nitrogen and oxygen atoms in total. The van der Waals surface area contributed by atoms with E-state index >= 15 is 0 Å². The van der Waals surface area contributed by atoms with Gasteiger partial charge >= 0.3 is 0 Å². The molecule has 0 saturated heterocycles. The summed E-state index contributed by atoms with van der Waals surface area (Å²) in [6, 6.07) is 21.8. The first kappa shape index (κ1) is 13.5. The van der Waals surface area contributed by atoms with Gasteiger partial charge in [-0.1, -0.05) is 42.5 Å². The second kappa shape index (κ2) is 6.31. The quantitative estimate of drug-likeness (QED) is 0.752. The summed E-state index contributed by atoms with van der Waals surface area (Å²) in [6.07, 6.45) is 2.66. The summed E-state index contributed by atoms with van der Waals surface area (Å²) in [5.74, 6) is 2.28. The van der Waals surface area contributed by atoms with Crippen molar-refractivity contribution in [2.75, 3.05) is 0 Å². The summed E-state index contributed by atoms with van der Waals surface area (Å²) in [5.41, 5.74) is 2.46. The summed E-state index contributed by atoms with van der Waals surface area (Å²) >= 11 is 0. The van der Waals surface area contributed by atoms with Crippen molar-refractivity contribution >= 4 is 0 Å². The molecule has 0 radical (unpaired) electrons. The highest BCUT2D eigenvalue weighted by atomic mass is 16.3. The standard InChI is InChI=1S/C19H18O2/c20-17-9-6-16(7-10-17)14-19-13-12-18(21-19)11-8-15-4-2-1-3-5-15/h1-7,9-10,12-13,20H,8,11,14H2. The monoisotopic (exact) mass is 278 g/mol. The van der Waals surface area contributed by atoms with Gasteiger partial charge in [-0.2, -0.15) is 0 Å². The molecule has 0 spiro atoms. The first-order chi connectivity index (χ1) is 10.3. The molecule has 0 aliphatic rings. The van der Waals surface area contributed by atoms with E-state index in [4.69, 9.17) is 4.42 Å². The molecular formula is C19H18O2. The molecule has 0 aliphatic heterocycles. The van der Waals surface area contributed by atoms with E-state index in [1.165, 1.54) is 5.56 Å². The molecular weight excluding hydrogens is 260 g/mol. The number of aromatic hydroxyl groups is 1. The minimum absolute atomic E-state index is 0.293. The lowest BCUT2D eigenvalue weighted by Crippen LogP contribution is -1.89. The summed E-state index contributed by atoms with van der Waals surface area (Å²) in [5, 5.41) is 9.28. The SMILES string of the molecule is Oc1ccc(Cc2ccc(CCc3ccccc3)o2)cc1. The Morgan fingerprint density at radius 3 is 2.14 bits per heavy atom. The smallest absolute Gasteiger partial charge is 0.115 e. The summed E-state index contributed by atoms with van der Waals surface area (Å²) in [7, 11) is 0. The van der Waals surface area contributed by atoms with Gasteiger partial charge in [0.05, 0.1) is 0 Å². The van der Waals surface area contributed by atoms with Gasteiger partial charge in [-0.25, -0.2) is 0 Å². The topological polar surface area (TPSA) is 33.4 Å². The van der Waals surface area contributed by atoms with Crippen LogP contribution in [0.5, 0.6) is 5.75 Å². The van der Waals surface area contributed by atoms with Gasteiger partial charge in [0, 0.05) is 12.8 Å². The average molecular weight is 278 g/mol. The van der Waals surface area contributed by atoms with Gasteiger partial charge in [0.15, 0.2) is 0 Å². The number of aryl methyl sites for hydroxylation is 2. The van der Waals surface area contributed by atoms with Crippen LogP contribution in [0.3, 0.4) is 0 Å². The van der Waals surface area contributed by atoms with Crippen LogP contribution in [0.2, 0.25) is 0 Å². The van der Waals surface area contributed by atoms with Gasteiger partial charge in [0.25, 0.3) is 0 Å². The minimum atomic E-state index is 0.293. The third-order valence-electron chi connectivity index (χ3n) is 3.53. The molecule has 1 N–H and O–H groups in total. The maximum atomic E-state index is 9.28. The van der Waals surface area contributed by atoms with Crippen LogP contribution in [0.25, 0.3) is 0 Å². The Morgan fingerprint density at radius 1 is 0.667 bits per heavy atom. The number of furan rings is 1. The predicted octanol–water partition coefficient (Wildman–Crippen LogP) is 4.36. The highest BCUT2D eigenvalue weighted by Gasteiger charge is 2.04. The van der Waals surface area contributed by atoms with Crippen molar-refractivity contribution in [3.05, 3.63) is 89.4 Å². The largest absolute Gasteiger partial charge is 0.508 e. The van der Waals surface area contributed by atoms with Crippen LogP contribution in [0, 0.1) is 0 Å². The third kappa shape index (κ3) is 3.76. The molecule has 3 aromatic rings. The highest BCUT2D eigenvalue weighted by Crippen LogP contribution is 2.17. The van der Waals surface area contributed by atoms with Crippen molar-refractivity contribution < 1.29 is 9.52 Å². The second-order valence-corrected chi connectivity index (χ2v) is 5.20. The fourth-order valence-corrected chi connectivity index (χ4v) is 2.38. The lowest BCUT2D eigenvalue weighted by Gasteiger charge is -2.00. The normalized spacial score (nSPS) is 10.7. The third-order valence-corrected chi connectivity index (χ3v) is 3.53. The Morgan fingerprint density at radius 2 is 1.38 bits per heavy atom. The van der Waals surface area contributed by atoms with E-state index in [0.717, 1.165) is 36.3 Å². The van der Waals surface area contributed by atoms with Crippen LogP contribution < -0.4 is 0 Å². The Bertz CT molecular complexity index is 681. The Hall–Kier alpha value is -2.48. The zero-order valence-corrected chi connectivity index (χ0v) is 11.8. The number of benzene rings is 2. The van der Waals surface area contributed by atoms with E-state index in [0.29, 0.717) is 5.75 Å². The van der Waals surface area contributed by atoms with Gasteiger partial charge in [-0.15, -0.1) is 0 Å². The first-order valence-corrected chi connectivity index (χ1v) is 7.19. The zero-order valence-electron chi connectivity index (χ0n) is 11.8. The van der Waals surface area contributed by atoms with E-state index in [-0.39, 0.29) is 0 Å². The molecule has 0 atom stereocenters. The molecule has 2 heteroatoms. The van der Waals surface area contributed by atoms with Gasteiger partial charge < -0.3 is 9.52 Å². The Balaban J connectivity index is 1.59. The van der Waals surface area contributed by atoms with Crippen LogP contribution >= 0.6 is 0 Å². The molecule has 2 aromatic carbocycles. The number of hydrogen-bond donors (Lipinski definition) is 1. The molecule has 0 fully saturated rings. The average Bonchev–Trinajstić information content (AvgIpc) is 2.96. The van der Waals surface area contributed by atoms with E-state index in [2.05, 4.69) is 30.3 Å². The first-order valence-electron chi connectivity index (χ1n) is 7.19. The fourth-order valence-electron chi connectivity index (χ4n) is 2.38. The number of hydrogen-bond acceptors (Lipinski definition) is 2. The molecule has 0 unspecified atom stereocenters. The van der Waals surface area contributed by atoms with Crippen molar-refractivity contribution in [3.8, 4) is 5.75 Å². The molecule has 3 rings (SSSR count). The number of rotatable bonds is 5. The van der Waals surface area contributed by atoms with Crippen molar-refractivity contribution in [1.29, 1.82) is 0 Å². The summed E-state index contributed by atoms with van der Waals surface area (Å²) in [4.78, 5) is 0. The van der Waals surface area contributed by atoms with Crippen LogP contribution in [-0.2, 0) is 19.3 Å². The van der Waals surface area contributed by atoms with Crippen molar-refractivity contribution in [2.24, 2.45) is 0 Å². The second-order valence-electron chi connectivity index (χ2n) is 5.20. The van der Waals surface area contributed by atoms with Gasteiger partial charge in [-0.05, 0) is 41.8 Å². The molecule has 0 saturated carbocycles. The molecule has 0 amide bonds. The van der Waals surface area contributed by atoms with Crippen LogP contribution in [0.1, 0.15) is 22.6 Å². The van der Waals surface area contributed by atoms with Crippen molar-refractivity contribution in [1.82, 2.24) is 0 Å². The van der Waals surface area contributed by atoms with E-state index < -0.39 is 0 Å². The number of phenolic OH excluding ortho intramolecular Hbond substituents is 1. The Labute approximate surface area is 124 Å². The van der Waals surface area contributed by atoms with Gasteiger partial charge in [0.1, 0.15) is 17.3 Å². The zero-order chi connectivity index (χ0) is 14.5. The van der Waals surface area contributed by atoms with Crippen LogP contribution in [-0.4, -0.2) is 5.11 Å².